The molecule has 4 bridgehead atoms. The zero-order chi connectivity index (χ0) is 44.7. The second-order valence-corrected chi connectivity index (χ2v) is 18.9. The minimum atomic E-state index is -0.393. The largest absolute Gasteiger partial charge is 0.497 e. The van der Waals surface area contributed by atoms with E-state index in [0.717, 1.165) is 100 Å². The molecule has 10 heteroatoms. The first-order chi connectivity index (χ1) is 32.5. The number of hydrogen-bond donors (Lipinski definition) is 0. The van der Waals surface area contributed by atoms with Gasteiger partial charge in [0.1, 0.15) is 29.3 Å². The van der Waals surface area contributed by atoms with Gasteiger partial charge in [0.2, 0.25) is 11.8 Å². The van der Waals surface area contributed by atoms with Crippen LogP contribution in [0.3, 0.4) is 0 Å². The van der Waals surface area contributed by atoms with Crippen LogP contribution in [0.2, 0.25) is 0 Å². The van der Waals surface area contributed by atoms with Gasteiger partial charge < -0.3 is 18.9 Å². The van der Waals surface area contributed by atoms with Crippen molar-refractivity contribution in [2.45, 2.75) is 76.7 Å². The predicted octanol–water partition coefficient (Wildman–Crippen LogP) is 11.4. The molecule has 4 unspecified atom stereocenters. The number of fused-ring (bicyclic) bond motifs is 8. The molecule has 10 atom stereocenters. The molecule has 10 nitrogen and oxygen atoms in total. The Balaban J connectivity index is 1.13. The predicted molar refractivity (Wildman–Crippen MR) is 260 cm³/mol. The molecular formula is C56H60N6O4. The van der Waals surface area contributed by atoms with Crippen LogP contribution in [0.1, 0.15) is 75.7 Å². The third kappa shape index (κ3) is 7.91. The van der Waals surface area contributed by atoms with Crippen LogP contribution in [0.25, 0.3) is 44.3 Å². The number of pyridine rings is 2. The highest BCUT2D eigenvalue weighted by Crippen LogP contribution is 2.50. The van der Waals surface area contributed by atoms with Gasteiger partial charge in [-0.1, -0.05) is 87.4 Å². The summed E-state index contributed by atoms with van der Waals surface area (Å²) in [5.41, 5.74) is 6.48. The average Bonchev–Trinajstić information content (AvgIpc) is 3.39. The number of ether oxygens (including phenoxy) is 4. The third-order valence-corrected chi connectivity index (χ3v) is 15.6. The van der Waals surface area contributed by atoms with Crippen LogP contribution in [0.15, 0.2) is 122 Å². The number of hydrogen-bond acceptors (Lipinski definition) is 10. The molecule has 7 aromatic rings. The summed E-state index contributed by atoms with van der Waals surface area (Å²) >= 11 is 0. The lowest BCUT2D eigenvalue weighted by Crippen LogP contribution is -2.56. The summed E-state index contributed by atoms with van der Waals surface area (Å²) in [7, 11) is 3.44. The van der Waals surface area contributed by atoms with Crippen molar-refractivity contribution in [3.63, 3.8) is 0 Å². The zero-order valence-electron chi connectivity index (χ0n) is 38.6. The number of aromatic nitrogens is 4. The number of piperidine rings is 6. The van der Waals surface area contributed by atoms with Gasteiger partial charge in [-0.05, 0) is 117 Å². The minimum absolute atomic E-state index is 0.106. The normalized spacial score (nSPS) is 25.4. The van der Waals surface area contributed by atoms with Crippen molar-refractivity contribution in [1.82, 2.24) is 29.7 Å². The summed E-state index contributed by atoms with van der Waals surface area (Å²) in [4.78, 5) is 26.0. The first kappa shape index (κ1) is 42.5. The molecule has 338 valence electrons. The molecule has 6 aliphatic heterocycles. The fourth-order valence-corrected chi connectivity index (χ4v) is 12.1. The SMILES string of the molecule is CC[C@H]1CN2CC[C@H]1C[C@H]2C(Oc1nc(-c2ccccc2)nc(OC(c2ccnc3ccc(OC)cc23)[C@@H]2C[C@@H]3CCN2C[C@@H]3CC)c1-c1ccccc1)c1ccnc2ccc(OC)cc12. The molecule has 66 heavy (non-hydrogen) atoms. The summed E-state index contributed by atoms with van der Waals surface area (Å²) in [6.45, 7) is 8.88. The van der Waals surface area contributed by atoms with E-state index in [-0.39, 0.29) is 12.1 Å². The third-order valence-electron chi connectivity index (χ3n) is 15.6. The van der Waals surface area contributed by atoms with Gasteiger partial charge >= 0.3 is 0 Å². The molecule has 6 aliphatic rings. The Morgan fingerprint density at radius 2 is 1.05 bits per heavy atom. The standard InChI is InChI=1S/C56H60N6O4/c1-5-35-33-61-27-23-39(35)29-49(61)52(43-21-25-57-47-19-17-41(63-3)31-45(43)47)65-55-51(37-13-9-7-10-14-37)56(60-54(59-55)38-15-11-8-12-16-38)66-53(50-30-40-24-28-62(50)34-36(40)6-2)44-22-26-58-48-20-18-42(64-4)32-46(44)48/h7-22,25-26,31-32,35-36,39-40,49-50,52-53H,5-6,23-24,27-30,33-34H2,1-4H3/t35-,36-,39-,40-,49-,50-,52?,53?/m0/s1. The van der Waals surface area contributed by atoms with Gasteiger partial charge in [0, 0.05) is 52.9 Å². The molecule has 0 N–H and O–H groups in total. The lowest BCUT2D eigenvalue weighted by Gasteiger charge is -2.52. The Kier molecular flexibility index (Phi) is 11.8. The van der Waals surface area contributed by atoms with Gasteiger partial charge in [0.05, 0.1) is 37.3 Å². The van der Waals surface area contributed by atoms with Crippen molar-refractivity contribution in [1.29, 1.82) is 0 Å². The molecule has 4 aromatic carbocycles. The molecule has 9 heterocycles. The molecule has 3 aromatic heterocycles. The Labute approximate surface area is 388 Å². The summed E-state index contributed by atoms with van der Waals surface area (Å²) in [6, 6.07) is 37.4. The summed E-state index contributed by atoms with van der Waals surface area (Å²) in [6.07, 6.45) is 9.90. The van der Waals surface area contributed by atoms with Gasteiger partial charge in [-0.15, -0.1) is 0 Å². The van der Waals surface area contributed by atoms with Gasteiger partial charge in [-0.2, -0.15) is 9.97 Å². The maximum Gasteiger partial charge on any atom is 0.229 e. The van der Waals surface area contributed by atoms with Crippen molar-refractivity contribution >= 4 is 21.8 Å². The highest BCUT2D eigenvalue weighted by atomic mass is 16.5. The maximum atomic E-state index is 7.76. The van der Waals surface area contributed by atoms with Crippen LogP contribution in [-0.2, 0) is 0 Å². The van der Waals surface area contributed by atoms with Crippen LogP contribution in [0, 0.1) is 23.7 Å². The van der Waals surface area contributed by atoms with Gasteiger partial charge in [0.25, 0.3) is 0 Å². The summed E-state index contributed by atoms with van der Waals surface area (Å²) in [5.74, 6) is 5.70. The smallest absolute Gasteiger partial charge is 0.229 e. The van der Waals surface area contributed by atoms with Crippen LogP contribution in [0.5, 0.6) is 23.3 Å². The Morgan fingerprint density at radius 3 is 1.47 bits per heavy atom. The lowest BCUT2D eigenvalue weighted by atomic mass is 9.72. The van der Waals surface area contributed by atoms with Crippen LogP contribution >= 0.6 is 0 Å². The van der Waals surface area contributed by atoms with Crippen molar-refractivity contribution in [2.75, 3.05) is 40.4 Å². The fourth-order valence-electron chi connectivity index (χ4n) is 12.1. The van der Waals surface area contributed by atoms with E-state index in [9.17, 15) is 0 Å². The molecule has 6 saturated heterocycles. The minimum Gasteiger partial charge on any atom is -0.497 e. The topological polar surface area (TPSA) is 95.0 Å². The molecule has 0 radical (unpaired) electrons. The number of nitrogens with zero attached hydrogens (tertiary/aromatic N) is 6. The molecule has 13 rings (SSSR count). The molecule has 0 saturated carbocycles. The van der Waals surface area contributed by atoms with Crippen molar-refractivity contribution in [3.05, 3.63) is 133 Å². The van der Waals surface area contributed by atoms with E-state index in [1.807, 2.05) is 54.9 Å². The zero-order valence-corrected chi connectivity index (χ0v) is 38.6. The monoisotopic (exact) mass is 880 g/mol. The number of rotatable bonds is 14. The second kappa shape index (κ2) is 18.3. The van der Waals surface area contributed by atoms with Crippen molar-refractivity contribution in [2.24, 2.45) is 23.7 Å². The molecule has 6 fully saturated rings. The van der Waals surface area contributed by atoms with Gasteiger partial charge in [-0.25, -0.2) is 0 Å². The van der Waals surface area contributed by atoms with E-state index in [1.54, 1.807) is 14.2 Å². The first-order valence-corrected chi connectivity index (χ1v) is 24.2. The van der Waals surface area contributed by atoms with E-state index in [4.69, 9.17) is 38.9 Å². The van der Waals surface area contributed by atoms with Crippen LogP contribution < -0.4 is 18.9 Å². The fraction of sp³-hybridized carbons (Fsp3) is 0.393. The van der Waals surface area contributed by atoms with Crippen molar-refractivity contribution in [3.8, 4) is 45.8 Å². The number of benzene rings is 4. The van der Waals surface area contributed by atoms with E-state index >= 15 is 0 Å². The quantitative estimate of drug-likeness (QED) is 0.105. The van der Waals surface area contributed by atoms with Gasteiger partial charge in [-0.3, -0.25) is 19.8 Å². The highest BCUT2D eigenvalue weighted by Gasteiger charge is 2.47. The van der Waals surface area contributed by atoms with E-state index in [1.165, 1.54) is 25.7 Å². The second-order valence-electron chi connectivity index (χ2n) is 18.9. The Hall–Kier alpha value is -6.10. The summed E-state index contributed by atoms with van der Waals surface area (Å²) in [5, 5.41) is 2.02. The van der Waals surface area contributed by atoms with Crippen LogP contribution in [0.4, 0.5) is 0 Å². The molecule has 0 spiro atoms. The summed E-state index contributed by atoms with van der Waals surface area (Å²) < 4.78 is 27.2. The Morgan fingerprint density at radius 1 is 0.576 bits per heavy atom. The van der Waals surface area contributed by atoms with E-state index in [2.05, 4.69) is 90.4 Å². The molecule has 0 aliphatic carbocycles. The lowest BCUT2D eigenvalue weighted by molar-refractivity contribution is -0.0510. The highest BCUT2D eigenvalue weighted by molar-refractivity contribution is 5.85. The first-order valence-electron chi connectivity index (χ1n) is 24.2. The molecular weight excluding hydrogens is 821 g/mol. The molecule has 0 amide bonds. The number of methoxy groups -OCH3 is 2. The Bertz CT molecular complexity index is 2680. The van der Waals surface area contributed by atoms with E-state index < -0.39 is 12.2 Å². The van der Waals surface area contributed by atoms with Gasteiger partial charge in [0.15, 0.2) is 5.82 Å². The van der Waals surface area contributed by atoms with Crippen LogP contribution in [-0.4, -0.2) is 82.2 Å². The average molecular weight is 881 g/mol. The maximum absolute atomic E-state index is 7.76. The van der Waals surface area contributed by atoms with E-state index in [0.29, 0.717) is 41.3 Å². The van der Waals surface area contributed by atoms with Crippen molar-refractivity contribution < 1.29 is 18.9 Å².